The largest absolute Gasteiger partial charge is 0.481 e. The van der Waals surface area contributed by atoms with Crippen molar-refractivity contribution >= 4 is 56.2 Å². The monoisotopic (exact) mass is 582 g/mol. The molecule has 0 atom stereocenters. The number of nitrogens with zero attached hydrogens (tertiary/aromatic N) is 1. The van der Waals surface area contributed by atoms with Crippen molar-refractivity contribution in [3.63, 3.8) is 0 Å². The van der Waals surface area contributed by atoms with Gasteiger partial charge in [0.25, 0.3) is 0 Å². The van der Waals surface area contributed by atoms with E-state index in [9.17, 15) is 19.8 Å². The molecule has 8 heteroatoms. The molecule has 4 aromatic rings. The number of H-pyrrole nitrogens is 3. The van der Waals surface area contributed by atoms with Gasteiger partial charge < -0.3 is 25.2 Å². The van der Waals surface area contributed by atoms with E-state index >= 15 is 0 Å². The number of hydrogen-bond acceptors (Lipinski definition) is 3. The Morgan fingerprint density at radius 1 is 0.628 bits per heavy atom. The van der Waals surface area contributed by atoms with Crippen LogP contribution in [0, 0.1) is 13.8 Å². The molecule has 5 heterocycles. The summed E-state index contributed by atoms with van der Waals surface area (Å²) < 4.78 is 0. The first-order chi connectivity index (χ1) is 20.6. The highest BCUT2D eigenvalue weighted by molar-refractivity contribution is 5.98. The van der Waals surface area contributed by atoms with Crippen LogP contribution in [0.3, 0.4) is 0 Å². The van der Waals surface area contributed by atoms with E-state index in [0.717, 1.165) is 92.4 Å². The van der Waals surface area contributed by atoms with Crippen LogP contribution in [0.4, 0.5) is 0 Å². The number of aromatic amines is 3. The molecule has 1 aliphatic heterocycles. The summed E-state index contributed by atoms with van der Waals surface area (Å²) >= 11 is 0. The van der Waals surface area contributed by atoms with Crippen LogP contribution in [-0.4, -0.2) is 42.1 Å². The molecule has 226 valence electrons. The molecule has 5 N–H and O–H groups in total. The Labute approximate surface area is 251 Å². The number of carboxylic acids is 2. The predicted molar refractivity (Wildman–Crippen MR) is 174 cm³/mol. The second kappa shape index (κ2) is 12.1. The maximum atomic E-state index is 11.6. The fraction of sp³-hybridized carbons (Fsp3) is 0.400. The molecule has 0 saturated carbocycles. The summed E-state index contributed by atoms with van der Waals surface area (Å²) in [5, 5.41) is 19.0. The molecule has 0 saturated heterocycles. The zero-order valence-electron chi connectivity index (χ0n) is 26.0. The highest BCUT2D eigenvalue weighted by Crippen LogP contribution is 2.39. The smallest absolute Gasteiger partial charge is 0.303 e. The molecule has 1 aliphatic rings. The molecule has 5 rings (SSSR count). The van der Waals surface area contributed by atoms with Crippen molar-refractivity contribution in [3.05, 3.63) is 63.0 Å². The Balaban J connectivity index is 2.00. The number of hydrogen-bond donors (Lipinski definition) is 5. The third-order valence-electron chi connectivity index (χ3n) is 9.03. The van der Waals surface area contributed by atoms with Crippen LogP contribution in [0.15, 0.2) is 18.2 Å². The van der Waals surface area contributed by atoms with Gasteiger partial charge in [-0.1, -0.05) is 27.7 Å². The quantitative estimate of drug-likeness (QED) is 0.129. The Bertz CT molecular complexity index is 1900. The number of aromatic nitrogens is 4. The number of fused-ring (bicyclic) bond motifs is 9. The summed E-state index contributed by atoms with van der Waals surface area (Å²) in [5.74, 6) is -1.69. The lowest BCUT2D eigenvalue weighted by molar-refractivity contribution is -0.138. The molecule has 0 aliphatic carbocycles. The Kier molecular flexibility index (Phi) is 8.49. The molecule has 0 spiro atoms. The van der Waals surface area contributed by atoms with Gasteiger partial charge in [-0.3, -0.25) is 9.59 Å². The topological polar surface area (TPSA) is 135 Å². The van der Waals surface area contributed by atoms with Gasteiger partial charge in [0.05, 0.1) is 16.9 Å². The van der Waals surface area contributed by atoms with Crippen molar-refractivity contribution in [2.75, 3.05) is 0 Å². The van der Waals surface area contributed by atoms with Crippen LogP contribution >= 0.6 is 0 Å². The van der Waals surface area contributed by atoms with Crippen molar-refractivity contribution in [2.24, 2.45) is 0 Å². The normalized spacial score (nSPS) is 12.5. The second-order valence-corrected chi connectivity index (χ2v) is 11.4. The molecular weight excluding hydrogens is 540 g/mol. The minimum absolute atomic E-state index is 0.0141. The van der Waals surface area contributed by atoms with Crippen LogP contribution in [0.25, 0.3) is 44.2 Å². The maximum absolute atomic E-state index is 11.6. The SMILES string of the molecule is CCC1=C(CC)c2nc1cc1[nH]c(cc3[nH]c(cc4[nH]c2c(CC)c4CC)c(C)c3CCC(=O)O)c(CCC(=O)O)c1C. The lowest BCUT2D eigenvalue weighted by Crippen LogP contribution is -1.98. The second-order valence-electron chi connectivity index (χ2n) is 11.4. The summed E-state index contributed by atoms with van der Waals surface area (Å²) in [4.78, 5) is 39.4. The maximum Gasteiger partial charge on any atom is 0.303 e. The van der Waals surface area contributed by atoms with Gasteiger partial charge in [0.2, 0.25) is 0 Å². The Morgan fingerprint density at radius 2 is 1.12 bits per heavy atom. The zero-order valence-corrected chi connectivity index (χ0v) is 26.0. The van der Waals surface area contributed by atoms with Gasteiger partial charge in [-0.25, -0.2) is 4.98 Å². The van der Waals surface area contributed by atoms with Gasteiger partial charge in [0, 0.05) is 40.4 Å². The van der Waals surface area contributed by atoms with Gasteiger partial charge in [0.1, 0.15) is 0 Å². The van der Waals surface area contributed by atoms with Gasteiger partial charge >= 0.3 is 11.9 Å². The third-order valence-corrected chi connectivity index (χ3v) is 9.03. The Morgan fingerprint density at radius 3 is 1.60 bits per heavy atom. The number of carboxylic acid groups (broad SMARTS) is 2. The minimum Gasteiger partial charge on any atom is -0.481 e. The van der Waals surface area contributed by atoms with E-state index in [1.54, 1.807) is 0 Å². The number of nitrogens with one attached hydrogen (secondary N) is 3. The summed E-state index contributed by atoms with van der Waals surface area (Å²) in [5.41, 5.74) is 16.5. The summed E-state index contributed by atoms with van der Waals surface area (Å²) in [7, 11) is 0. The number of aryl methyl sites for hydroxylation is 6. The highest BCUT2D eigenvalue weighted by Gasteiger charge is 2.23. The standard InChI is InChI=1S/C35H42N4O4/c1-7-20-22(9-3)34-35-23(10-4)21(8-2)29(39-35)16-27-19(6)25(12-14-33(42)43)31(37-27)17-30-24(11-13-32(40)41)18(5)26(36-30)15-28(20)38-34/h15-17,36-38H,7-14H2,1-6H3,(H,40,41)(H,42,43). The first-order valence-electron chi connectivity index (χ1n) is 15.4. The third kappa shape index (κ3) is 5.46. The molecule has 0 fully saturated rings. The van der Waals surface area contributed by atoms with Crippen molar-refractivity contribution in [2.45, 2.75) is 92.9 Å². The molecule has 0 amide bonds. The van der Waals surface area contributed by atoms with Gasteiger partial charge in [-0.15, -0.1) is 0 Å². The number of allylic oxidation sites excluding steroid dienone is 2. The first kappa shape index (κ1) is 30.1. The Hall–Kier alpha value is -4.33. The predicted octanol–water partition coefficient (Wildman–Crippen LogP) is 8.03. The van der Waals surface area contributed by atoms with E-state index in [4.69, 9.17) is 4.98 Å². The molecule has 8 nitrogen and oxygen atoms in total. The molecular formula is C35H42N4O4. The van der Waals surface area contributed by atoms with Crippen LogP contribution in [0.2, 0.25) is 0 Å². The lowest BCUT2D eigenvalue weighted by atomic mass is 9.98. The molecule has 0 radical (unpaired) electrons. The lowest BCUT2D eigenvalue weighted by Gasteiger charge is -2.05. The summed E-state index contributed by atoms with van der Waals surface area (Å²) in [6.07, 6.45) is 4.25. The molecule has 8 bridgehead atoms. The molecule has 43 heavy (non-hydrogen) atoms. The average Bonchev–Trinajstić information content (AvgIpc) is 3.67. The molecule has 0 unspecified atom stereocenters. The summed E-state index contributed by atoms with van der Waals surface area (Å²) in [6.45, 7) is 12.8. The van der Waals surface area contributed by atoms with Crippen molar-refractivity contribution in [1.82, 2.24) is 19.9 Å². The number of carbonyl (C=O) groups is 2. The fourth-order valence-corrected chi connectivity index (χ4v) is 6.80. The number of rotatable bonds is 10. The highest BCUT2D eigenvalue weighted by atomic mass is 16.4. The van der Waals surface area contributed by atoms with E-state index in [2.05, 4.69) is 54.8 Å². The van der Waals surface area contributed by atoms with Crippen LogP contribution in [0.1, 0.15) is 98.1 Å². The van der Waals surface area contributed by atoms with Crippen molar-refractivity contribution in [3.8, 4) is 0 Å². The van der Waals surface area contributed by atoms with Gasteiger partial charge in [0.15, 0.2) is 0 Å². The van der Waals surface area contributed by atoms with E-state index in [1.165, 1.54) is 22.3 Å². The summed E-state index contributed by atoms with van der Waals surface area (Å²) in [6, 6.07) is 6.28. The van der Waals surface area contributed by atoms with Crippen LogP contribution < -0.4 is 0 Å². The number of aliphatic carboxylic acids is 2. The fourth-order valence-electron chi connectivity index (χ4n) is 6.80. The first-order valence-corrected chi connectivity index (χ1v) is 15.4. The van der Waals surface area contributed by atoms with Crippen LogP contribution in [-0.2, 0) is 35.3 Å². The molecule has 0 aromatic carbocycles. The minimum atomic E-state index is -0.847. The van der Waals surface area contributed by atoms with Crippen molar-refractivity contribution < 1.29 is 19.8 Å². The zero-order chi connectivity index (χ0) is 31.0. The average molecular weight is 583 g/mol. The van der Waals surface area contributed by atoms with Gasteiger partial charge in [-0.2, -0.15) is 0 Å². The van der Waals surface area contributed by atoms with E-state index < -0.39 is 11.9 Å². The van der Waals surface area contributed by atoms with E-state index in [-0.39, 0.29) is 12.8 Å². The van der Waals surface area contributed by atoms with E-state index in [0.29, 0.717) is 12.8 Å². The van der Waals surface area contributed by atoms with Gasteiger partial charge in [-0.05, 0) is 115 Å². The van der Waals surface area contributed by atoms with E-state index in [1.807, 2.05) is 19.9 Å². The van der Waals surface area contributed by atoms with Crippen molar-refractivity contribution in [1.29, 1.82) is 0 Å². The van der Waals surface area contributed by atoms with Crippen LogP contribution in [0.5, 0.6) is 0 Å². The molecule has 4 aromatic heterocycles.